The Balaban J connectivity index is 2.28. The van der Waals surface area contributed by atoms with Crippen molar-refractivity contribution in [3.63, 3.8) is 0 Å². The molecule has 0 spiro atoms. The lowest BCUT2D eigenvalue weighted by Gasteiger charge is -2.21. The first-order valence-electron chi connectivity index (χ1n) is 10.2. The predicted octanol–water partition coefficient (Wildman–Crippen LogP) is 3.21. The Labute approximate surface area is 168 Å². The maximum atomic E-state index is 12.9. The molecule has 28 heavy (non-hydrogen) atoms. The SMILES string of the molecule is CCCCNC(=O)[C@H]1CN(C(=O)CC(C)C)C[C@@H]1c1ccc(OC)cc1OC. The van der Waals surface area contributed by atoms with Crippen molar-refractivity contribution in [2.24, 2.45) is 11.8 Å². The van der Waals surface area contributed by atoms with Crippen LogP contribution in [0.5, 0.6) is 11.5 Å². The van der Waals surface area contributed by atoms with Gasteiger partial charge in [0.1, 0.15) is 11.5 Å². The van der Waals surface area contributed by atoms with E-state index in [-0.39, 0.29) is 23.7 Å². The second-order valence-corrected chi connectivity index (χ2v) is 7.86. The molecule has 0 aliphatic carbocycles. The highest BCUT2D eigenvalue weighted by atomic mass is 16.5. The summed E-state index contributed by atoms with van der Waals surface area (Å²) in [5, 5.41) is 3.04. The van der Waals surface area contributed by atoms with E-state index in [0.29, 0.717) is 43.5 Å². The summed E-state index contributed by atoms with van der Waals surface area (Å²) in [6.07, 6.45) is 2.47. The third-order valence-corrected chi connectivity index (χ3v) is 5.26. The molecule has 0 radical (unpaired) electrons. The number of hydrogen-bond acceptors (Lipinski definition) is 4. The Morgan fingerprint density at radius 2 is 1.96 bits per heavy atom. The molecule has 1 heterocycles. The van der Waals surface area contributed by atoms with Gasteiger partial charge < -0.3 is 19.7 Å². The van der Waals surface area contributed by atoms with Crippen LogP contribution in [0.25, 0.3) is 0 Å². The van der Waals surface area contributed by atoms with Crippen molar-refractivity contribution in [1.82, 2.24) is 10.2 Å². The van der Waals surface area contributed by atoms with Crippen LogP contribution in [0.4, 0.5) is 0 Å². The summed E-state index contributed by atoms with van der Waals surface area (Å²) in [7, 11) is 3.23. The summed E-state index contributed by atoms with van der Waals surface area (Å²) in [5.41, 5.74) is 0.943. The molecule has 1 N–H and O–H groups in total. The maximum Gasteiger partial charge on any atom is 0.225 e. The number of benzene rings is 1. The smallest absolute Gasteiger partial charge is 0.225 e. The van der Waals surface area contributed by atoms with E-state index in [4.69, 9.17) is 9.47 Å². The standard InChI is InChI=1S/C22H34N2O4/c1-6-7-10-23-22(26)19-14-24(21(25)11-15(2)3)13-18(19)17-9-8-16(27-4)12-20(17)28-5/h8-9,12,15,18-19H,6-7,10-11,13-14H2,1-5H3,(H,23,26)/t18-,19+/m1/s1. The number of carbonyl (C=O) groups is 2. The minimum atomic E-state index is -0.282. The van der Waals surface area contributed by atoms with Gasteiger partial charge in [-0.15, -0.1) is 0 Å². The molecular weight excluding hydrogens is 356 g/mol. The van der Waals surface area contributed by atoms with Gasteiger partial charge in [0.15, 0.2) is 0 Å². The molecular formula is C22H34N2O4. The van der Waals surface area contributed by atoms with E-state index < -0.39 is 0 Å². The molecule has 2 atom stereocenters. The zero-order chi connectivity index (χ0) is 20.7. The minimum absolute atomic E-state index is 0.0103. The lowest BCUT2D eigenvalue weighted by Crippen LogP contribution is -2.36. The van der Waals surface area contributed by atoms with Gasteiger partial charge in [-0.05, 0) is 18.4 Å². The van der Waals surface area contributed by atoms with Gasteiger partial charge in [0.2, 0.25) is 11.8 Å². The second-order valence-electron chi connectivity index (χ2n) is 7.86. The van der Waals surface area contributed by atoms with Crippen molar-refractivity contribution in [1.29, 1.82) is 0 Å². The number of rotatable bonds is 9. The molecule has 2 rings (SSSR count). The summed E-state index contributed by atoms with van der Waals surface area (Å²) in [6.45, 7) is 7.81. The zero-order valence-corrected chi connectivity index (χ0v) is 17.8. The van der Waals surface area contributed by atoms with Crippen LogP contribution >= 0.6 is 0 Å². The summed E-state index contributed by atoms with van der Waals surface area (Å²) in [6, 6.07) is 5.66. The van der Waals surface area contributed by atoms with Crippen molar-refractivity contribution in [3.8, 4) is 11.5 Å². The third-order valence-electron chi connectivity index (χ3n) is 5.26. The summed E-state index contributed by atoms with van der Waals surface area (Å²) >= 11 is 0. The maximum absolute atomic E-state index is 12.9. The third kappa shape index (κ3) is 5.40. The van der Waals surface area contributed by atoms with Crippen LogP contribution in [-0.2, 0) is 9.59 Å². The van der Waals surface area contributed by atoms with Crippen LogP contribution in [0.3, 0.4) is 0 Å². The number of methoxy groups -OCH3 is 2. The minimum Gasteiger partial charge on any atom is -0.497 e. The number of likely N-dealkylation sites (tertiary alicyclic amines) is 1. The Hall–Kier alpha value is -2.24. The Kier molecular flexibility index (Phi) is 8.15. The average molecular weight is 391 g/mol. The molecule has 156 valence electrons. The van der Waals surface area contributed by atoms with Gasteiger partial charge in [0.05, 0.1) is 20.1 Å². The van der Waals surface area contributed by atoms with E-state index in [0.717, 1.165) is 18.4 Å². The highest BCUT2D eigenvalue weighted by Gasteiger charge is 2.41. The fraction of sp³-hybridized carbons (Fsp3) is 0.636. The molecule has 6 heteroatoms. The number of ether oxygens (including phenoxy) is 2. The first-order valence-corrected chi connectivity index (χ1v) is 10.2. The summed E-state index contributed by atoms with van der Waals surface area (Å²) < 4.78 is 10.9. The van der Waals surface area contributed by atoms with Crippen molar-refractivity contribution in [2.75, 3.05) is 33.9 Å². The molecule has 0 unspecified atom stereocenters. The molecule has 1 aromatic carbocycles. The number of carbonyl (C=O) groups excluding carboxylic acids is 2. The van der Waals surface area contributed by atoms with Gasteiger partial charge in [0, 0.05) is 43.6 Å². The first-order chi connectivity index (χ1) is 13.4. The summed E-state index contributed by atoms with van der Waals surface area (Å²) in [4.78, 5) is 27.4. The highest BCUT2D eigenvalue weighted by Crippen LogP contribution is 2.39. The second kappa shape index (κ2) is 10.3. The van der Waals surface area contributed by atoms with E-state index in [1.54, 1.807) is 14.2 Å². The van der Waals surface area contributed by atoms with Gasteiger partial charge in [0.25, 0.3) is 0 Å². The Morgan fingerprint density at radius 3 is 2.57 bits per heavy atom. The topological polar surface area (TPSA) is 67.9 Å². The van der Waals surface area contributed by atoms with E-state index in [9.17, 15) is 9.59 Å². The van der Waals surface area contributed by atoms with Crippen LogP contribution in [0.1, 0.15) is 51.5 Å². The van der Waals surface area contributed by atoms with Crippen LogP contribution in [0.2, 0.25) is 0 Å². The van der Waals surface area contributed by atoms with Crippen LogP contribution < -0.4 is 14.8 Å². The van der Waals surface area contributed by atoms with Crippen molar-refractivity contribution < 1.29 is 19.1 Å². The number of hydrogen-bond donors (Lipinski definition) is 1. The predicted molar refractivity (Wildman–Crippen MR) is 110 cm³/mol. The molecule has 2 amide bonds. The lowest BCUT2D eigenvalue weighted by molar-refractivity contribution is -0.131. The molecule has 1 aromatic rings. The van der Waals surface area contributed by atoms with Crippen molar-refractivity contribution >= 4 is 11.8 Å². The summed E-state index contributed by atoms with van der Waals surface area (Å²) in [5.74, 6) is 1.42. The number of amides is 2. The van der Waals surface area contributed by atoms with Crippen molar-refractivity contribution in [2.45, 2.75) is 46.0 Å². The molecule has 0 aromatic heterocycles. The van der Waals surface area contributed by atoms with E-state index in [1.165, 1.54) is 0 Å². The van der Waals surface area contributed by atoms with Crippen LogP contribution in [0, 0.1) is 11.8 Å². The molecule has 0 saturated carbocycles. The first kappa shape index (κ1) is 22.1. The molecule has 1 fully saturated rings. The van der Waals surface area contributed by atoms with Gasteiger partial charge in [-0.2, -0.15) is 0 Å². The van der Waals surface area contributed by atoms with Crippen LogP contribution in [-0.4, -0.2) is 50.6 Å². The molecule has 0 bridgehead atoms. The van der Waals surface area contributed by atoms with Gasteiger partial charge in [-0.3, -0.25) is 9.59 Å². The van der Waals surface area contributed by atoms with Crippen molar-refractivity contribution in [3.05, 3.63) is 23.8 Å². The Bertz CT molecular complexity index is 675. The monoisotopic (exact) mass is 390 g/mol. The average Bonchev–Trinajstić information content (AvgIpc) is 3.12. The van der Waals surface area contributed by atoms with Crippen LogP contribution in [0.15, 0.2) is 18.2 Å². The van der Waals surface area contributed by atoms with Gasteiger partial charge >= 0.3 is 0 Å². The fourth-order valence-corrected chi connectivity index (χ4v) is 3.71. The molecule has 1 aliphatic rings. The number of nitrogens with zero attached hydrogens (tertiary/aromatic N) is 1. The quantitative estimate of drug-likeness (QED) is 0.658. The van der Waals surface area contributed by atoms with E-state index in [1.807, 2.05) is 36.9 Å². The Morgan fingerprint density at radius 1 is 1.21 bits per heavy atom. The lowest BCUT2D eigenvalue weighted by atomic mass is 9.87. The fourth-order valence-electron chi connectivity index (χ4n) is 3.71. The van der Waals surface area contributed by atoms with Gasteiger partial charge in [-0.25, -0.2) is 0 Å². The van der Waals surface area contributed by atoms with Gasteiger partial charge in [-0.1, -0.05) is 33.3 Å². The largest absolute Gasteiger partial charge is 0.497 e. The van der Waals surface area contributed by atoms with E-state index in [2.05, 4.69) is 12.2 Å². The zero-order valence-electron chi connectivity index (χ0n) is 17.8. The molecule has 1 saturated heterocycles. The number of nitrogens with one attached hydrogen (secondary N) is 1. The molecule has 6 nitrogen and oxygen atoms in total. The number of unbranched alkanes of at least 4 members (excludes halogenated alkanes) is 1. The highest BCUT2D eigenvalue weighted by molar-refractivity contribution is 5.83. The normalized spacial score (nSPS) is 19.0. The van der Waals surface area contributed by atoms with E-state index >= 15 is 0 Å². The molecule has 1 aliphatic heterocycles.